The summed E-state index contributed by atoms with van der Waals surface area (Å²) in [5, 5.41) is 3.44. The SMILES string of the molecule is CCCNCc1cc(C)c(OCC(C)CC)c(C)c1. The summed E-state index contributed by atoms with van der Waals surface area (Å²) in [6.45, 7) is 13.7. The Bertz CT molecular complexity index is 364. The van der Waals surface area contributed by atoms with Crippen molar-refractivity contribution in [3.05, 3.63) is 28.8 Å². The van der Waals surface area contributed by atoms with Crippen LogP contribution in [-0.2, 0) is 6.54 Å². The van der Waals surface area contributed by atoms with Gasteiger partial charge in [-0.2, -0.15) is 0 Å². The van der Waals surface area contributed by atoms with Gasteiger partial charge in [0.25, 0.3) is 0 Å². The average molecular weight is 263 g/mol. The second-order valence-corrected chi connectivity index (χ2v) is 5.56. The number of hydrogen-bond acceptors (Lipinski definition) is 2. The highest BCUT2D eigenvalue weighted by Gasteiger charge is 2.08. The molecule has 1 aromatic carbocycles. The number of nitrogens with one attached hydrogen (secondary N) is 1. The molecule has 0 aliphatic carbocycles. The molecular weight excluding hydrogens is 234 g/mol. The molecule has 108 valence electrons. The Morgan fingerprint density at radius 2 is 1.79 bits per heavy atom. The molecule has 0 fully saturated rings. The fraction of sp³-hybridized carbons (Fsp3) is 0.647. The summed E-state index contributed by atoms with van der Waals surface area (Å²) in [7, 11) is 0. The van der Waals surface area contributed by atoms with Gasteiger partial charge in [0.2, 0.25) is 0 Å². The Kier molecular flexibility index (Phi) is 6.93. The van der Waals surface area contributed by atoms with E-state index in [4.69, 9.17) is 4.74 Å². The minimum absolute atomic E-state index is 0.615. The van der Waals surface area contributed by atoms with Crippen LogP contribution in [0.3, 0.4) is 0 Å². The maximum Gasteiger partial charge on any atom is 0.125 e. The van der Waals surface area contributed by atoms with Crippen LogP contribution in [0.2, 0.25) is 0 Å². The summed E-state index contributed by atoms with van der Waals surface area (Å²) in [6, 6.07) is 4.48. The first-order chi connectivity index (χ1) is 9.08. The van der Waals surface area contributed by atoms with Crippen molar-refractivity contribution in [3.8, 4) is 5.75 Å². The van der Waals surface area contributed by atoms with Crippen molar-refractivity contribution in [2.75, 3.05) is 13.2 Å². The lowest BCUT2D eigenvalue weighted by Gasteiger charge is -2.16. The zero-order chi connectivity index (χ0) is 14.3. The van der Waals surface area contributed by atoms with Crippen molar-refractivity contribution in [3.63, 3.8) is 0 Å². The van der Waals surface area contributed by atoms with E-state index in [0.29, 0.717) is 5.92 Å². The smallest absolute Gasteiger partial charge is 0.125 e. The highest BCUT2D eigenvalue weighted by Crippen LogP contribution is 2.25. The second kappa shape index (κ2) is 8.21. The zero-order valence-corrected chi connectivity index (χ0v) is 13.2. The maximum absolute atomic E-state index is 5.98. The van der Waals surface area contributed by atoms with Crippen LogP contribution >= 0.6 is 0 Å². The molecule has 19 heavy (non-hydrogen) atoms. The monoisotopic (exact) mass is 263 g/mol. The third-order valence-corrected chi connectivity index (χ3v) is 3.49. The molecule has 0 saturated heterocycles. The molecule has 2 heteroatoms. The summed E-state index contributed by atoms with van der Waals surface area (Å²) in [6.07, 6.45) is 2.34. The third kappa shape index (κ3) is 5.23. The summed E-state index contributed by atoms with van der Waals surface area (Å²) in [4.78, 5) is 0. The number of ether oxygens (including phenoxy) is 1. The fourth-order valence-corrected chi connectivity index (χ4v) is 2.12. The Morgan fingerprint density at radius 3 is 2.32 bits per heavy atom. The third-order valence-electron chi connectivity index (χ3n) is 3.49. The van der Waals surface area contributed by atoms with E-state index in [2.05, 4.69) is 52.1 Å². The lowest BCUT2D eigenvalue weighted by Crippen LogP contribution is -2.14. The number of hydrogen-bond donors (Lipinski definition) is 1. The predicted molar refractivity (Wildman–Crippen MR) is 82.9 cm³/mol. The van der Waals surface area contributed by atoms with Crippen LogP contribution in [-0.4, -0.2) is 13.2 Å². The van der Waals surface area contributed by atoms with Gasteiger partial charge in [-0.3, -0.25) is 0 Å². The molecule has 0 radical (unpaired) electrons. The van der Waals surface area contributed by atoms with E-state index >= 15 is 0 Å². The molecule has 1 aromatic rings. The molecule has 0 aliphatic rings. The lowest BCUT2D eigenvalue weighted by molar-refractivity contribution is 0.253. The van der Waals surface area contributed by atoms with E-state index in [0.717, 1.165) is 31.9 Å². The van der Waals surface area contributed by atoms with E-state index in [-0.39, 0.29) is 0 Å². The molecule has 1 N–H and O–H groups in total. The van der Waals surface area contributed by atoms with Gasteiger partial charge in [-0.15, -0.1) is 0 Å². The van der Waals surface area contributed by atoms with Gasteiger partial charge >= 0.3 is 0 Å². The topological polar surface area (TPSA) is 21.3 Å². The number of benzene rings is 1. The van der Waals surface area contributed by atoms with Crippen molar-refractivity contribution in [2.45, 2.75) is 54.0 Å². The highest BCUT2D eigenvalue weighted by atomic mass is 16.5. The lowest BCUT2D eigenvalue weighted by atomic mass is 10.1. The van der Waals surface area contributed by atoms with Gasteiger partial charge in [0, 0.05) is 6.54 Å². The summed E-state index contributed by atoms with van der Waals surface area (Å²) < 4.78 is 5.98. The molecule has 0 amide bonds. The Hall–Kier alpha value is -1.02. The average Bonchev–Trinajstić information content (AvgIpc) is 2.37. The Balaban J connectivity index is 2.68. The van der Waals surface area contributed by atoms with Crippen LogP contribution in [0.5, 0.6) is 5.75 Å². The summed E-state index contributed by atoms with van der Waals surface area (Å²) in [5.41, 5.74) is 3.84. The molecule has 1 rings (SSSR count). The molecular formula is C17H29NO. The van der Waals surface area contributed by atoms with Crippen LogP contribution in [0.15, 0.2) is 12.1 Å². The number of aryl methyl sites for hydroxylation is 2. The quantitative estimate of drug-likeness (QED) is 0.709. The summed E-state index contributed by atoms with van der Waals surface area (Å²) >= 11 is 0. The van der Waals surface area contributed by atoms with Crippen molar-refractivity contribution in [1.29, 1.82) is 0 Å². The van der Waals surface area contributed by atoms with Crippen LogP contribution in [0.1, 0.15) is 50.3 Å². The van der Waals surface area contributed by atoms with E-state index in [1.54, 1.807) is 0 Å². The van der Waals surface area contributed by atoms with Gasteiger partial charge in [0.15, 0.2) is 0 Å². The first-order valence-corrected chi connectivity index (χ1v) is 7.52. The molecule has 0 heterocycles. The Labute approximate surface area is 118 Å². The van der Waals surface area contributed by atoms with E-state index in [1.807, 2.05) is 0 Å². The van der Waals surface area contributed by atoms with Crippen LogP contribution in [0, 0.1) is 19.8 Å². The second-order valence-electron chi connectivity index (χ2n) is 5.56. The molecule has 1 atom stereocenters. The zero-order valence-electron chi connectivity index (χ0n) is 13.2. The van der Waals surface area contributed by atoms with Crippen molar-refractivity contribution < 1.29 is 4.74 Å². The van der Waals surface area contributed by atoms with Crippen molar-refractivity contribution in [2.24, 2.45) is 5.92 Å². The Morgan fingerprint density at radius 1 is 1.16 bits per heavy atom. The molecule has 1 unspecified atom stereocenters. The van der Waals surface area contributed by atoms with Crippen LogP contribution in [0.25, 0.3) is 0 Å². The van der Waals surface area contributed by atoms with Crippen LogP contribution < -0.4 is 10.1 Å². The molecule has 0 aromatic heterocycles. The summed E-state index contributed by atoms with van der Waals surface area (Å²) in [5.74, 6) is 1.68. The molecule has 0 bridgehead atoms. The van der Waals surface area contributed by atoms with Crippen LogP contribution in [0.4, 0.5) is 0 Å². The van der Waals surface area contributed by atoms with E-state index in [9.17, 15) is 0 Å². The number of rotatable bonds is 8. The first-order valence-electron chi connectivity index (χ1n) is 7.52. The minimum Gasteiger partial charge on any atom is -0.493 e. The fourth-order valence-electron chi connectivity index (χ4n) is 2.12. The molecule has 0 aliphatic heterocycles. The van der Waals surface area contributed by atoms with Gasteiger partial charge in [0.1, 0.15) is 5.75 Å². The van der Waals surface area contributed by atoms with Gasteiger partial charge in [-0.05, 0) is 49.4 Å². The largest absolute Gasteiger partial charge is 0.493 e. The van der Waals surface area contributed by atoms with E-state index < -0.39 is 0 Å². The molecule has 0 spiro atoms. The van der Waals surface area contributed by atoms with Gasteiger partial charge < -0.3 is 10.1 Å². The molecule has 0 saturated carbocycles. The highest BCUT2D eigenvalue weighted by molar-refractivity contribution is 5.43. The predicted octanol–water partition coefficient (Wildman–Crippen LogP) is 4.23. The first kappa shape index (κ1) is 16.0. The van der Waals surface area contributed by atoms with Gasteiger partial charge in [0.05, 0.1) is 6.61 Å². The standard InChI is InChI=1S/C17H29NO/c1-6-8-18-11-16-9-14(4)17(15(5)10-16)19-12-13(3)7-2/h9-10,13,18H,6-8,11-12H2,1-5H3. The van der Waals surface area contributed by atoms with Crippen molar-refractivity contribution in [1.82, 2.24) is 5.32 Å². The minimum atomic E-state index is 0.615. The van der Waals surface area contributed by atoms with Gasteiger partial charge in [-0.25, -0.2) is 0 Å². The van der Waals surface area contributed by atoms with Crippen molar-refractivity contribution >= 4 is 0 Å². The van der Waals surface area contributed by atoms with E-state index in [1.165, 1.54) is 23.1 Å². The molecule has 2 nitrogen and oxygen atoms in total. The van der Waals surface area contributed by atoms with Gasteiger partial charge in [-0.1, -0.05) is 39.3 Å². The normalized spacial score (nSPS) is 12.5. The maximum atomic E-state index is 5.98.